The Bertz CT molecular complexity index is 698. The maximum absolute atomic E-state index is 12.5. The molecule has 1 amide bonds. The molecule has 136 valence electrons. The Morgan fingerprint density at radius 2 is 1.96 bits per heavy atom. The van der Waals surface area contributed by atoms with Gasteiger partial charge in [-0.3, -0.25) is 10.0 Å². The molecule has 0 radical (unpaired) electrons. The number of para-hydroxylation sites is 1. The number of rotatable bonds is 2. The zero-order valence-electron chi connectivity index (χ0n) is 15.1. The molecular weight excluding hydrogens is 324 g/mol. The van der Waals surface area contributed by atoms with E-state index in [9.17, 15) is 10.0 Å². The normalized spacial score (nSPS) is 21.2. The molecule has 1 N–H and O–H groups in total. The van der Waals surface area contributed by atoms with E-state index in [2.05, 4.69) is 4.90 Å². The highest BCUT2D eigenvalue weighted by Crippen LogP contribution is 2.41. The molecule has 8 heteroatoms. The summed E-state index contributed by atoms with van der Waals surface area (Å²) in [5.74, 6) is 0.355. The van der Waals surface area contributed by atoms with Crippen LogP contribution in [0.3, 0.4) is 0 Å². The Hall–Kier alpha value is -2.32. The molecule has 8 nitrogen and oxygen atoms in total. The predicted octanol–water partition coefficient (Wildman–Crippen LogP) is 1.70. The minimum atomic E-state index is -0.390. The molecular formula is C17H25N4O4+. The average molecular weight is 349 g/mol. The van der Waals surface area contributed by atoms with E-state index in [1.54, 1.807) is 34.9 Å². The van der Waals surface area contributed by atoms with Crippen LogP contribution in [0.1, 0.15) is 13.8 Å². The molecule has 3 rings (SSSR count). The second kappa shape index (κ2) is 6.89. The van der Waals surface area contributed by atoms with E-state index in [4.69, 9.17) is 9.57 Å². The highest BCUT2D eigenvalue weighted by molar-refractivity contribution is 5.91. The smallest absolute Gasteiger partial charge is 0.403 e. The first-order valence-electron chi connectivity index (χ1n) is 8.38. The third kappa shape index (κ3) is 3.14. The van der Waals surface area contributed by atoms with Crippen LogP contribution >= 0.6 is 0 Å². The SMILES string of the molecule is CO[N+]1=C(C)C(C)N(O)c2cccc(OC(=O)N3CCN(C)CC3)c21. The Morgan fingerprint density at radius 1 is 1.28 bits per heavy atom. The topological polar surface area (TPSA) is 68.5 Å². The molecule has 0 bridgehead atoms. The van der Waals surface area contributed by atoms with Crippen molar-refractivity contribution in [1.82, 2.24) is 9.80 Å². The summed E-state index contributed by atoms with van der Waals surface area (Å²) in [5.41, 5.74) is 1.84. The van der Waals surface area contributed by atoms with Crippen molar-refractivity contribution in [3.8, 4) is 5.75 Å². The first-order chi connectivity index (χ1) is 11.9. The molecule has 0 aromatic heterocycles. The zero-order valence-corrected chi connectivity index (χ0v) is 15.1. The van der Waals surface area contributed by atoms with Gasteiger partial charge in [-0.2, -0.15) is 0 Å². The number of hydrogen-bond donors (Lipinski definition) is 1. The molecule has 0 saturated carbocycles. The van der Waals surface area contributed by atoms with Crippen LogP contribution in [0.5, 0.6) is 5.75 Å². The highest BCUT2D eigenvalue weighted by atomic mass is 16.7. The molecule has 0 spiro atoms. The van der Waals surface area contributed by atoms with Gasteiger partial charge in [0.1, 0.15) is 18.8 Å². The number of hydroxylamine groups is 1. The van der Waals surface area contributed by atoms with Crippen LogP contribution in [0.15, 0.2) is 18.2 Å². The maximum Gasteiger partial charge on any atom is 0.415 e. The number of carbonyl (C=O) groups excluding carboxylic acids is 1. The number of carbonyl (C=O) groups is 1. The number of anilines is 1. The number of ether oxygens (including phenoxy) is 1. The maximum atomic E-state index is 12.5. The Balaban J connectivity index is 1.91. The lowest BCUT2D eigenvalue weighted by molar-refractivity contribution is -0.722. The lowest BCUT2D eigenvalue weighted by Gasteiger charge is -2.32. The van der Waals surface area contributed by atoms with Crippen LogP contribution in [0.4, 0.5) is 16.2 Å². The lowest BCUT2D eigenvalue weighted by Crippen LogP contribution is -2.48. The third-order valence-corrected chi connectivity index (χ3v) is 4.86. The van der Waals surface area contributed by atoms with Crippen molar-refractivity contribution in [2.45, 2.75) is 19.9 Å². The molecule has 2 heterocycles. The molecule has 2 aliphatic rings. The van der Waals surface area contributed by atoms with Crippen LogP contribution < -0.4 is 9.80 Å². The summed E-state index contributed by atoms with van der Waals surface area (Å²) in [7, 11) is 3.58. The van der Waals surface area contributed by atoms with Crippen LogP contribution in [-0.4, -0.2) is 77.9 Å². The van der Waals surface area contributed by atoms with E-state index in [1.165, 1.54) is 0 Å². The van der Waals surface area contributed by atoms with Gasteiger partial charge in [-0.25, -0.2) is 9.86 Å². The molecule has 25 heavy (non-hydrogen) atoms. The van der Waals surface area contributed by atoms with Gasteiger partial charge in [0.2, 0.25) is 11.5 Å². The minimum Gasteiger partial charge on any atom is -0.403 e. The molecule has 1 fully saturated rings. The summed E-state index contributed by atoms with van der Waals surface area (Å²) in [5, 5.41) is 11.6. The summed E-state index contributed by atoms with van der Waals surface area (Å²) >= 11 is 0. The van der Waals surface area contributed by atoms with Crippen LogP contribution in [-0.2, 0) is 4.84 Å². The standard InChI is InChI=1S/C17H25N4O4/c1-12-13(2)21(24-4)16-14(20(12)23)6-5-7-15(16)25-17(22)19-10-8-18(3)9-11-19/h5-7,12,23H,8-11H2,1-4H3/q+1. The summed E-state index contributed by atoms with van der Waals surface area (Å²) in [6, 6.07) is 4.96. The van der Waals surface area contributed by atoms with E-state index >= 15 is 0 Å². The summed E-state index contributed by atoms with van der Waals surface area (Å²) in [6.07, 6.45) is -0.390. The van der Waals surface area contributed by atoms with Crippen molar-refractivity contribution < 1.29 is 24.3 Å². The summed E-state index contributed by atoms with van der Waals surface area (Å²) < 4.78 is 7.24. The average Bonchev–Trinajstić information content (AvgIpc) is 2.61. The number of piperazine rings is 1. The van der Waals surface area contributed by atoms with Gasteiger partial charge in [0.05, 0.1) is 0 Å². The van der Waals surface area contributed by atoms with Crippen LogP contribution in [0, 0.1) is 0 Å². The van der Waals surface area contributed by atoms with E-state index in [-0.39, 0.29) is 6.04 Å². The van der Waals surface area contributed by atoms with Crippen molar-refractivity contribution in [3.63, 3.8) is 0 Å². The highest BCUT2D eigenvalue weighted by Gasteiger charge is 2.39. The van der Waals surface area contributed by atoms with Crippen molar-refractivity contribution in [3.05, 3.63) is 18.2 Å². The van der Waals surface area contributed by atoms with Crippen molar-refractivity contribution >= 4 is 23.2 Å². The van der Waals surface area contributed by atoms with E-state index < -0.39 is 6.09 Å². The fourth-order valence-electron chi connectivity index (χ4n) is 3.10. The fraction of sp³-hybridized carbons (Fsp3) is 0.529. The first-order valence-corrected chi connectivity index (χ1v) is 8.38. The Kier molecular flexibility index (Phi) is 4.82. The zero-order chi connectivity index (χ0) is 18.1. The molecule has 1 aromatic rings. The summed E-state index contributed by atoms with van der Waals surface area (Å²) in [6.45, 7) is 6.63. The second-order valence-corrected chi connectivity index (χ2v) is 6.42. The van der Waals surface area contributed by atoms with Gasteiger partial charge in [0, 0.05) is 37.8 Å². The van der Waals surface area contributed by atoms with Crippen molar-refractivity contribution in [1.29, 1.82) is 0 Å². The van der Waals surface area contributed by atoms with Gasteiger partial charge < -0.3 is 14.5 Å². The summed E-state index contributed by atoms with van der Waals surface area (Å²) in [4.78, 5) is 21.9. The predicted molar refractivity (Wildman–Crippen MR) is 92.9 cm³/mol. The van der Waals surface area contributed by atoms with Crippen molar-refractivity contribution in [2.24, 2.45) is 0 Å². The van der Waals surface area contributed by atoms with Gasteiger partial charge in [0.15, 0.2) is 0 Å². The van der Waals surface area contributed by atoms with Crippen LogP contribution in [0.2, 0.25) is 0 Å². The van der Waals surface area contributed by atoms with E-state index in [1.807, 2.05) is 20.9 Å². The molecule has 1 saturated heterocycles. The second-order valence-electron chi connectivity index (χ2n) is 6.42. The van der Waals surface area contributed by atoms with Gasteiger partial charge in [-0.15, -0.1) is 0 Å². The number of amides is 1. The number of hydrogen-bond acceptors (Lipinski definition) is 6. The fourth-order valence-corrected chi connectivity index (χ4v) is 3.10. The molecule has 1 atom stereocenters. The van der Waals surface area contributed by atoms with Crippen LogP contribution in [0.25, 0.3) is 0 Å². The van der Waals surface area contributed by atoms with E-state index in [0.29, 0.717) is 30.2 Å². The third-order valence-electron chi connectivity index (χ3n) is 4.86. The quantitative estimate of drug-likeness (QED) is 0.820. The van der Waals surface area contributed by atoms with Crippen molar-refractivity contribution in [2.75, 3.05) is 45.4 Å². The first kappa shape index (κ1) is 17.5. The molecule has 0 aliphatic carbocycles. The molecule has 2 aliphatic heterocycles. The Morgan fingerprint density at radius 3 is 2.60 bits per heavy atom. The van der Waals surface area contributed by atoms with Gasteiger partial charge >= 0.3 is 11.8 Å². The molecule has 1 aromatic carbocycles. The minimum absolute atomic E-state index is 0.254. The lowest BCUT2D eigenvalue weighted by atomic mass is 10.1. The number of likely N-dealkylation sites (N-methyl/N-ethyl adjacent to an activating group) is 1. The molecule has 1 unspecified atom stereocenters. The van der Waals surface area contributed by atoms with E-state index in [0.717, 1.165) is 23.9 Å². The monoisotopic (exact) mass is 349 g/mol. The number of benzene rings is 1. The largest absolute Gasteiger partial charge is 0.415 e. The van der Waals surface area contributed by atoms with Gasteiger partial charge in [-0.05, 0) is 26.1 Å². The number of nitrogens with zero attached hydrogens (tertiary/aromatic N) is 4. The number of fused-ring (bicyclic) bond motifs is 1. The Labute approximate surface area is 147 Å². The van der Waals surface area contributed by atoms with Gasteiger partial charge in [-0.1, -0.05) is 6.07 Å². The van der Waals surface area contributed by atoms with Gasteiger partial charge in [0.25, 0.3) is 0 Å².